The lowest BCUT2D eigenvalue weighted by Gasteiger charge is -2.13. The molecule has 0 aliphatic heterocycles. The zero-order valence-corrected chi connectivity index (χ0v) is 17.8. The van der Waals surface area contributed by atoms with Crippen LogP contribution in [0.15, 0.2) is 66.6 Å². The summed E-state index contributed by atoms with van der Waals surface area (Å²) in [5, 5.41) is 9.83. The summed E-state index contributed by atoms with van der Waals surface area (Å²) in [6, 6.07) is 7.45. The number of nitrogens with one attached hydrogen (secondary N) is 1. The van der Waals surface area contributed by atoms with Gasteiger partial charge < -0.3 is 5.32 Å². The Hall–Kier alpha value is -4.84. The number of hydrogen-bond donors (Lipinski definition) is 1. The molecule has 0 saturated heterocycles. The van der Waals surface area contributed by atoms with Gasteiger partial charge in [-0.15, -0.1) is 0 Å². The van der Waals surface area contributed by atoms with Crippen molar-refractivity contribution in [2.45, 2.75) is 19.3 Å². The fraction of sp³-hybridized carbons (Fsp3) is 0.143. The molecule has 0 bridgehead atoms. The van der Waals surface area contributed by atoms with Crippen LogP contribution in [0.3, 0.4) is 0 Å². The number of carbonyl (C=O) groups excluding carboxylic acids is 1. The molecule has 4 aromatic rings. The third kappa shape index (κ3) is 5.57. The molecular formula is C21H15F3N10O. The van der Waals surface area contributed by atoms with Crippen molar-refractivity contribution >= 4 is 5.91 Å². The number of aromatic nitrogens is 6. The molecule has 0 saturated carbocycles. The van der Waals surface area contributed by atoms with Gasteiger partial charge in [0, 0.05) is 34.6 Å². The largest absolute Gasteiger partial charge is 0.451 e. The monoisotopic (exact) mass is 480 g/mol. The lowest BCUT2D eigenvalue weighted by atomic mass is 10.0. The van der Waals surface area contributed by atoms with Gasteiger partial charge in [0.15, 0.2) is 0 Å². The van der Waals surface area contributed by atoms with Gasteiger partial charge in [0.2, 0.25) is 5.82 Å². The Balaban J connectivity index is 1.73. The van der Waals surface area contributed by atoms with Gasteiger partial charge in [0.25, 0.3) is 5.91 Å². The van der Waals surface area contributed by atoms with E-state index in [0.717, 1.165) is 6.33 Å². The first-order valence-electron chi connectivity index (χ1n) is 9.97. The van der Waals surface area contributed by atoms with Crippen molar-refractivity contribution in [1.82, 2.24) is 35.0 Å². The van der Waals surface area contributed by atoms with E-state index >= 15 is 0 Å². The molecule has 1 amide bonds. The fourth-order valence-electron chi connectivity index (χ4n) is 3.13. The van der Waals surface area contributed by atoms with E-state index in [9.17, 15) is 18.0 Å². The number of alkyl halides is 3. The van der Waals surface area contributed by atoms with E-state index in [-0.39, 0.29) is 24.3 Å². The maximum absolute atomic E-state index is 13.4. The first-order valence-corrected chi connectivity index (χ1v) is 9.97. The number of benzene rings is 1. The molecule has 3 aromatic heterocycles. The summed E-state index contributed by atoms with van der Waals surface area (Å²) in [5.41, 5.74) is 10.4. The van der Waals surface area contributed by atoms with Gasteiger partial charge >= 0.3 is 6.18 Å². The van der Waals surface area contributed by atoms with Crippen LogP contribution in [0, 0.1) is 0 Å². The summed E-state index contributed by atoms with van der Waals surface area (Å²) >= 11 is 0. The maximum Gasteiger partial charge on any atom is 0.451 e. The highest BCUT2D eigenvalue weighted by Gasteiger charge is 2.37. The molecule has 1 N–H and O–H groups in total. The van der Waals surface area contributed by atoms with Gasteiger partial charge in [-0.3, -0.25) is 19.7 Å². The Morgan fingerprint density at radius 1 is 1.11 bits per heavy atom. The van der Waals surface area contributed by atoms with Crippen molar-refractivity contribution in [3.05, 3.63) is 94.5 Å². The van der Waals surface area contributed by atoms with Crippen molar-refractivity contribution in [3.8, 4) is 16.9 Å². The van der Waals surface area contributed by atoms with Crippen LogP contribution in [-0.2, 0) is 19.3 Å². The molecule has 176 valence electrons. The van der Waals surface area contributed by atoms with E-state index in [4.69, 9.17) is 5.53 Å². The first kappa shape index (κ1) is 23.3. The normalized spacial score (nSPS) is 11.1. The first-order chi connectivity index (χ1) is 16.8. The van der Waals surface area contributed by atoms with Crippen LogP contribution in [0.2, 0.25) is 0 Å². The van der Waals surface area contributed by atoms with Gasteiger partial charge in [-0.05, 0) is 35.4 Å². The summed E-state index contributed by atoms with van der Waals surface area (Å²) in [7, 11) is 0. The van der Waals surface area contributed by atoms with Crippen LogP contribution in [0.1, 0.15) is 27.4 Å². The number of hydrogen-bond acceptors (Lipinski definition) is 7. The zero-order valence-electron chi connectivity index (χ0n) is 17.8. The van der Waals surface area contributed by atoms with Gasteiger partial charge in [-0.25, -0.2) is 9.67 Å². The number of carbonyl (C=O) groups is 1. The fourth-order valence-corrected chi connectivity index (χ4v) is 3.13. The molecule has 0 spiro atoms. The third-order valence-corrected chi connectivity index (χ3v) is 4.71. The van der Waals surface area contributed by atoms with Crippen LogP contribution in [-0.4, -0.2) is 35.6 Å². The molecule has 35 heavy (non-hydrogen) atoms. The molecule has 14 heteroatoms. The molecular weight excluding hydrogens is 465 g/mol. The smallest absolute Gasteiger partial charge is 0.346 e. The Kier molecular flexibility index (Phi) is 6.64. The number of rotatable bonds is 7. The van der Waals surface area contributed by atoms with Crippen LogP contribution in [0.4, 0.5) is 13.2 Å². The number of pyridine rings is 1. The van der Waals surface area contributed by atoms with Gasteiger partial charge in [-0.1, -0.05) is 11.2 Å². The van der Waals surface area contributed by atoms with Crippen molar-refractivity contribution < 1.29 is 18.0 Å². The highest BCUT2D eigenvalue weighted by molar-refractivity contribution is 5.96. The van der Waals surface area contributed by atoms with Crippen molar-refractivity contribution in [3.63, 3.8) is 0 Å². The Morgan fingerprint density at radius 3 is 2.66 bits per heavy atom. The quantitative estimate of drug-likeness (QED) is 0.241. The minimum atomic E-state index is -4.76. The third-order valence-electron chi connectivity index (χ3n) is 4.71. The van der Waals surface area contributed by atoms with E-state index in [0.29, 0.717) is 27.2 Å². The van der Waals surface area contributed by atoms with Crippen molar-refractivity contribution in [2.24, 2.45) is 5.11 Å². The minimum absolute atomic E-state index is 0.0306. The average molecular weight is 480 g/mol. The summed E-state index contributed by atoms with van der Waals surface area (Å²) < 4.78 is 40.9. The number of amides is 1. The second-order valence-electron chi connectivity index (χ2n) is 7.08. The standard InChI is InChI=1S/C21H15F3N10O/c22-21(23,24)20-30-12-32-34(20)17-6-14(18-2-1-13(8-28-18)9-31-33-25)5-15(7-17)19(35)29-11-16-10-26-3-4-27-16/h1-8,10,12H,9,11H2,(H,29,35). The van der Waals surface area contributed by atoms with E-state index < -0.39 is 17.9 Å². The van der Waals surface area contributed by atoms with Gasteiger partial charge in [-0.2, -0.15) is 18.3 Å². The molecule has 0 atom stereocenters. The topological polar surface area (TPSA) is 147 Å². The number of azide groups is 1. The number of halogens is 3. The highest BCUT2D eigenvalue weighted by Crippen LogP contribution is 2.30. The zero-order chi connectivity index (χ0) is 24.8. The van der Waals surface area contributed by atoms with E-state index in [1.165, 1.54) is 43.0 Å². The van der Waals surface area contributed by atoms with E-state index in [2.05, 4.69) is 40.4 Å². The molecule has 3 heterocycles. The maximum atomic E-state index is 13.4. The van der Waals surface area contributed by atoms with Crippen LogP contribution in [0.5, 0.6) is 0 Å². The van der Waals surface area contributed by atoms with Crippen LogP contribution in [0.25, 0.3) is 27.4 Å². The number of nitrogens with zero attached hydrogens (tertiary/aromatic N) is 9. The summed E-state index contributed by atoms with van der Waals surface area (Å²) in [6.07, 6.45) is 1.94. The SMILES string of the molecule is [N-]=[N+]=NCc1ccc(-c2cc(C(=O)NCc3cnccn3)cc(-n3ncnc3C(F)(F)F)c2)nc1. The molecule has 1 aromatic carbocycles. The molecule has 11 nitrogen and oxygen atoms in total. The average Bonchev–Trinajstić information content (AvgIpc) is 3.38. The van der Waals surface area contributed by atoms with Gasteiger partial charge in [0.05, 0.1) is 36.4 Å². The minimum Gasteiger partial charge on any atom is -0.346 e. The molecule has 0 unspecified atom stereocenters. The lowest BCUT2D eigenvalue weighted by molar-refractivity contribution is -0.146. The summed E-state index contributed by atoms with van der Waals surface area (Å²) in [4.78, 5) is 31.2. The van der Waals surface area contributed by atoms with E-state index in [1.807, 2.05) is 0 Å². The Bertz CT molecular complexity index is 1380. The predicted molar refractivity (Wildman–Crippen MR) is 116 cm³/mol. The molecule has 0 aliphatic rings. The Labute approximate surface area is 195 Å². The molecule has 0 radical (unpaired) electrons. The highest BCUT2D eigenvalue weighted by atomic mass is 19.4. The second kappa shape index (κ2) is 9.97. The van der Waals surface area contributed by atoms with E-state index in [1.54, 1.807) is 12.1 Å². The molecule has 0 aliphatic carbocycles. The second-order valence-corrected chi connectivity index (χ2v) is 7.08. The summed E-state index contributed by atoms with van der Waals surface area (Å²) in [5.74, 6) is -1.79. The van der Waals surface area contributed by atoms with Crippen molar-refractivity contribution in [2.75, 3.05) is 0 Å². The lowest BCUT2D eigenvalue weighted by Crippen LogP contribution is -2.24. The molecule has 4 rings (SSSR count). The van der Waals surface area contributed by atoms with Crippen molar-refractivity contribution in [1.29, 1.82) is 0 Å². The van der Waals surface area contributed by atoms with Crippen LogP contribution >= 0.6 is 0 Å². The summed E-state index contributed by atoms with van der Waals surface area (Å²) in [6.45, 7) is 0.156. The predicted octanol–water partition coefficient (Wildman–Crippen LogP) is 3.88. The molecule has 0 fully saturated rings. The van der Waals surface area contributed by atoms with Crippen LogP contribution < -0.4 is 5.32 Å². The Morgan fingerprint density at radius 2 is 1.97 bits per heavy atom. The van der Waals surface area contributed by atoms with Gasteiger partial charge in [0.1, 0.15) is 6.33 Å².